The lowest BCUT2D eigenvalue weighted by atomic mass is 10.2. The van der Waals surface area contributed by atoms with Crippen molar-refractivity contribution < 1.29 is 4.79 Å². The first-order valence-corrected chi connectivity index (χ1v) is 10.0. The fourth-order valence-corrected chi connectivity index (χ4v) is 3.86. The largest absolute Gasteiger partial charge is 0.325 e. The number of aryl methyl sites for hydroxylation is 1. The molecule has 4 aromatic rings. The maximum absolute atomic E-state index is 12.7. The Morgan fingerprint density at radius 2 is 1.90 bits per heavy atom. The highest BCUT2D eigenvalue weighted by Crippen LogP contribution is 2.24. The molecule has 0 spiro atoms. The molecular weight excluding hydrogens is 388 g/mol. The number of hydrogen-bond donors (Lipinski definition) is 3. The number of aromatic nitrogens is 5. The first-order valence-electron chi connectivity index (χ1n) is 9.13. The molecule has 2 aromatic heterocycles. The molecule has 148 valence electrons. The third-order valence-electron chi connectivity index (χ3n) is 4.52. The second-order valence-electron chi connectivity index (χ2n) is 6.69. The van der Waals surface area contributed by atoms with E-state index in [2.05, 4.69) is 25.5 Å². The van der Waals surface area contributed by atoms with Crippen LogP contribution >= 0.6 is 11.8 Å². The smallest absolute Gasteiger partial charge is 0.323 e. The van der Waals surface area contributed by atoms with Gasteiger partial charge < -0.3 is 19.9 Å². The lowest BCUT2D eigenvalue weighted by Crippen LogP contribution is -2.23. The van der Waals surface area contributed by atoms with E-state index in [0.29, 0.717) is 28.4 Å². The number of H-pyrrole nitrogens is 2. The molecule has 0 aliphatic rings. The predicted molar refractivity (Wildman–Crippen MR) is 113 cm³/mol. The molecule has 1 amide bonds. The van der Waals surface area contributed by atoms with Crippen molar-refractivity contribution in [3.63, 3.8) is 0 Å². The summed E-state index contributed by atoms with van der Waals surface area (Å²) in [4.78, 5) is 29.4. The van der Waals surface area contributed by atoms with Crippen LogP contribution in [0.3, 0.4) is 0 Å². The fourth-order valence-electron chi connectivity index (χ4n) is 2.96. The summed E-state index contributed by atoms with van der Waals surface area (Å²) < 4.78 is 2.00. The Kier molecular flexibility index (Phi) is 5.22. The fraction of sp³-hybridized carbons (Fsp3) is 0.200. The molecule has 0 aliphatic heterocycles. The molecule has 1 atom stereocenters. The minimum Gasteiger partial charge on any atom is -0.325 e. The summed E-state index contributed by atoms with van der Waals surface area (Å²) >= 11 is 1.36. The van der Waals surface area contributed by atoms with Crippen molar-refractivity contribution in [3.8, 4) is 0 Å². The lowest BCUT2D eigenvalue weighted by Gasteiger charge is -2.13. The summed E-state index contributed by atoms with van der Waals surface area (Å²) in [6.07, 6.45) is 0. The van der Waals surface area contributed by atoms with Gasteiger partial charge in [0.2, 0.25) is 5.91 Å². The maximum Gasteiger partial charge on any atom is 0.323 e. The van der Waals surface area contributed by atoms with E-state index < -0.39 is 0 Å². The highest BCUT2D eigenvalue weighted by Gasteiger charge is 2.19. The molecule has 0 bridgehead atoms. The SMILES string of the molecule is Cc1nnc(SC(C)C(=O)Nc2ccc3[nH]c(=O)[nH]c3c2)n1Cc1ccccc1. The average Bonchev–Trinajstić information content (AvgIpc) is 3.24. The van der Waals surface area contributed by atoms with Gasteiger partial charge in [-0.2, -0.15) is 0 Å². The number of benzene rings is 2. The zero-order valence-corrected chi connectivity index (χ0v) is 16.8. The van der Waals surface area contributed by atoms with Gasteiger partial charge in [-0.25, -0.2) is 4.79 Å². The van der Waals surface area contributed by atoms with E-state index >= 15 is 0 Å². The van der Waals surface area contributed by atoms with E-state index in [1.165, 1.54) is 11.8 Å². The molecule has 1 unspecified atom stereocenters. The van der Waals surface area contributed by atoms with Crippen molar-refractivity contribution in [2.24, 2.45) is 0 Å². The van der Waals surface area contributed by atoms with E-state index in [9.17, 15) is 9.59 Å². The van der Waals surface area contributed by atoms with Gasteiger partial charge in [-0.3, -0.25) is 4.79 Å². The van der Waals surface area contributed by atoms with Crippen molar-refractivity contribution in [1.29, 1.82) is 0 Å². The summed E-state index contributed by atoms with van der Waals surface area (Å²) in [5, 5.41) is 11.6. The van der Waals surface area contributed by atoms with Crippen LogP contribution in [0.2, 0.25) is 0 Å². The number of thioether (sulfide) groups is 1. The van der Waals surface area contributed by atoms with Crippen molar-refractivity contribution >= 4 is 34.4 Å². The van der Waals surface area contributed by atoms with Gasteiger partial charge in [-0.05, 0) is 37.6 Å². The van der Waals surface area contributed by atoms with Crippen molar-refractivity contribution in [1.82, 2.24) is 24.7 Å². The zero-order valence-electron chi connectivity index (χ0n) is 16.0. The van der Waals surface area contributed by atoms with Gasteiger partial charge in [0.1, 0.15) is 5.82 Å². The van der Waals surface area contributed by atoms with Crippen LogP contribution in [0.4, 0.5) is 5.69 Å². The Balaban J connectivity index is 1.46. The predicted octanol–water partition coefficient (Wildman–Crippen LogP) is 2.92. The van der Waals surface area contributed by atoms with Gasteiger partial charge in [-0.1, -0.05) is 42.1 Å². The number of nitrogens with one attached hydrogen (secondary N) is 3. The summed E-state index contributed by atoms with van der Waals surface area (Å²) in [6.45, 7) is 4.37. The standard InChI is InChI=1S/C20H20N6O2S/c1-12(18(27)21-15-8-9-16-17(10-15)23-19(28)22-16)29-20-25-24-13(2)26(20)11-14-6-4-3-5-7-14/h3-10,12H,11H2,1-2H3,(H,21,27)(H2,22,23,28). The number of carbonyl (C=O) groups excluding carboxylic acids is 1. The van der Waals surface area contributed by atoms with Crippen molar-refractivity contribution in [3.05, 3.63) is 70.4 Å². The van der Waals surface area contributed by atoms with E-state index in [1.807, 2.05) is 48.7 Å². The molecule has 29 heavy (non-hydrogen) atoms. The van der Waals surface area contributed by atoms with Crippen molar-refractivity contribution in [2.75, 3.05) is 5.32 Å². The summed E-state index contributed by atoms with van der Waals surface area (Å²) in [7, 11) is 0. The third-order valence-corrected chi connectivity index (χ3v) is 5.60. The number of aromatic amines is 2. The number of hydrogen-bond acceptors (Lipinski definition) is 5. The van der Waals surface area contributed by atoms with Gasteiger partial charge in [0.05, 0.1) is 22.8 Å². The van der Waals surface area contributed by atoms with Crippen LogP contribution < -0.4 is 11.0 Å². The third kappa shape index (κ3) is 4.24. The van der Waals surface area contributed by atoms with E-state index in [4.69, 9.17) is 0 Å². The Morgan fingerprint density at radius 3 is 2.69 bits per heavy atom. The molecule has 4 rings (SSSR count). The van der Waals surface area contributed by atoms with Gasteiger partial charge in [-0.15, -0.1) is 10.2 Å². The Labute approximate surface area is 170 Å². The van der Waals surface area contributed by atoms with Crippen LogP contribution in [0.5, 0.6) is 0 Å². The normalized spacial score (nSPS) is 12.2. The van der Waals surface area contributed by atoms with Gasteiger partial charge >= 0.3 is 5.69 Å². The molecule has 3 N–H and O–H groups in total. The number of rotatable bonds is 6. The average molecular weight is 408 g/mol. The monoisotopic (exact) mass is 408 g/mol. The first-order chi connectivity index (χ1) is 14.0. The number of carbonyl (C=O) groups is 1. The lowest BCUT2D eigenvalue weighted by molar-refractivity contribution is -0.115. The highest BCUT2D eigenvalue weighted by molar-refractivity contribution is 8.00. The molecule has 0 radical (unpaired) electrons. The highest BCUT2D eigenvalue weighted by atomic mass is 32.2. The minimum absolute atomic E-state index is 0.154. The molecule has 9 heteroatoms. The summed E-state index contributed by atoms with van der Waals surface area (Å²) in [5.41, 5.74) is 2.82. The topological polar surface area (TPSA) is 108 Å². The second kappa shape index (κ2) is 7.96. The van der Waals surface area contributed by atoms with Crippen LogP contribution in [-0.2, 0) is 11.3 Å². The van der Waals surface area contributed by atoms with E-state index in [0.717, 1.165) is 11.4 Å². The number of amides is 1. The second-order valence-corrected chi connectivity index (χ2v) is 8.00. The van der Waals surface area contributed by atoms with Crippen LogP contribution in [-0.4, -0.2) is 35.9 Å². The van der Waals surface area contributed by atoms with Crippen LogP contribution in [0.1, 0.15) is 18.3 Å². The first kappa shape index (κ1) is 19.0. The van der Waals surface area contributed by atoms with Gasteiger partial charge in [0, 0.05) is 5.69 Å². The minimum atomic E-state index is -0.380. The van der Waals surface area contributed by atoms with E-state index in [-0.39, 0.29) is 16.8 Å². The number of nitrogens with zero attached hydrogens (tertiary/aromatic N) is 3. The van der Waals surface area contributed by atoms with Crippen molar-refractivity contribution in [2.45, 2.75) is 30.8 Å². The molecular formula is C20H20N6O2S. The summed E-state index contributed by atoms with van der Waals surface area (Å²) in [5.74, 6) is 0.643. The summed E-state index contributed by atoms with van der Waals surface area (Å²) in [6, 6.07) is 15.3. The molecule has 0 saturated carbocycles. The van der Waals surface area contributed by atoms with Crippen LogP contribution in [0.15, 0.2) is 58.5 Å². The van der Waals surface area contributed by atoms with E-state index in [1.54, 1.807) is 18.2 Å². The molecule has 8 nitrogen and oxygen atoms in total. The van der Waals surface area contributed by atoms with Gasteiger partial charge in [0.15, 0.2) is 5.16 Å². The molecule has 2 heterocycles. The number of imidazole rings is 1. The Morgan fingerprint density at radius 1 is 1.14 bits per heavy atom. The zero-order chi connectivity index (χ0) is 20.4. The molecule has 0 aliphatic carbocycles. The maximum atomic E-state index is 12.7. The van der Waals surface area contributed by atoms with Crippen LogP contribution in [0, 0.1) is 6.92 Å². The number of anilines is 1. The Hall–Kier alpha value is -3.33. The van der Waals surface area contributed by atoms with Gasteiger partial charge in [0.25, 0.3) is 0 Å². The molecule has 2 aromatic carbocycles. The van der Waals surface area contributed by atoms with Crippen LogP contribution in [0.25, 0.3) is 11.0 Å². The Bertz CT molecular complexity index is 1210. The molecule has 0 fully saturated rings. The quantitative estimate of drug-likeness (QED) is 0.425. The molecule has 0 saturated heterocycles. The number of fused-ring (bicyclic) bond motifs is 1.